The molecule has 112 valence electrons. The van der Waals surface area contributed by atoms with Gasteiger partial charge in [-0.15, -0.1) is 0 Å². The molecule has 1 heterocycles. The first kappa shape index (κ1) is 16.8. The third-order valence-electron chi connectivity index (χ3n) is 3.97. The van der Waals surface area contributed by atoms with Gasteiger partial charge in [0.2, 0.25) is 0 Å². The van der Waals surface area contributed by atoms with Crippen LogP contribution in [0.3, 0.4) is 0 Å². The molecule has 0 aromatic heterocycles. The van der Waals surface area contributed by atoms with Gasteiger partial charge in [0, 0.05) is 6.42 Å². The fourth-order valence-electron chi connectivity index (χ4n) is 1.82. The lowest BCUT2D eigenvalue weighted by atomic mass is 10.2. The van der Waals surface area contributed by atoms with Crippen molar-refractivity contribution < 1.29 is 18.7 Å². The summed E-state index contributed by atoms with van der Waals surface area (Å²) in [5, 5.41) is 0.0978. The van der Waals surface area contributed by atoms with Crippen molar-refractivity contribution >= 4 is 14.6 Å². The van der Waals surface area contributed by atoms with Crippen molar-refractivity contribution in [1.29, 1.82) is 0 Å². The highest BCUT2D eigenvalue weighted by Gasteiger charge is 2.41. The van der Waals surface area contributed by atoms with E-state index in [-0.39, 0.29) is 11.1 Å². The van der Waals surface area contributed by atoms with Crippen LogP contribution in [0.1, 0.15) is 41.0 Å². The maximum atomic E-state index is 11.3. The lowest BCUT2D eigenvalue weighted by molar-refractivity contribution is -0.142. The number of carbonyl (C=O) groups excluding carboxylic acids is 1. The van der Waals surface area contributed by atoms with Gasteiger partial charge >= 0.3 is 0 Å². The highest BCUT2D eigenvalue weighted by Crippen LogP contribution is 2.38. The summed E-state index contributed by atoms with van der Waals surface area (Å²) < 4.78 is 17.4. The lowest BCUT2D eigenvalue weighted by Gasteiger charge is -2.38. The Kier molecular flexibility index (Phi) is 4.99. The number of hydrogen-bond acceptors (Lipinski definition) is 4. The summed E-state index contributed by atoms with van der Waals surface area (Å²) in [6.45, 7) is 15.1. The maximum Gasteiger partial charge on any atom is 0.193 e. The molecule has 1 aliphatic rings. The fraction of sp³-hybridized carbons (Fsp3) is 0.929. The van der Waals surface area contributed by atoms with Crippen LogP contribution in [-0.4, -0.2) is 39.2 Å². The normalized spacial score (nSPS) is 25.3. The summed E-state index contributed by atoms with van der Waals surface area (Å²) in [4.78, 5) is 11.3. The third kappa shape index (κ3) is 4.67. The molecule has 0 spiro atoms. The summed E-state index contributed by atoms with van der Waals surface area (Å²) in [5.41, 5.74) is 0. The fourth-order valence-corrected chi connectivity index (χ4v) is 3.09. The highest BCUT2D eigenvalue weighted by atomic mass is 28.4. The van der Waals surface area contributed by atoms with E-state index in [1.54, 1.807) is 0 Å². The zero-order valence-corrected chi connectivity index (χ0v) is 14.3. The van der Waals surface area contributed by atoms with Crippen molar-refractivity contribution in [2.24, 2.45) is 0 Å². The Hall–Kier alpha value is -0.233. The lowest BCUT2D eigenvalue weighted by Crippen LogP contribution is -2.45. The number of carbonyl (C=O) groups is 1. The second kappa shape index (κ2) is 5.64. The maximum absolute atomic E-state index is 11.3. The van der Waals surface area contributed by atoms with Gasteiger partial charge in [-0.2, -0.15) is 0 Å². The molecular formula is C14H28O4Si. The zero-order valence-electron chi connectivity index (χ0n) is 13.3. The molecule has 0 saturated carbocycles. The largest absolute Gasteiger partial charge is 0.407 e. The van der Waals surface area contributed by atoms with Crippen molar-refractivity contribution in [3.05, 3.63) is 0 Å². The molecule has 0 N–H and O–H groups in total. The Balaban J connectivity index is 2.58. The summed E-state index contributed by atoms with van der Waals surface area (Å²) in [7, 11) is -1.92. The van der Waals surface area contributed by atoms with E-state index < -0.39 is 20.2 Å². The smallest absolute Gasteiger partial charge is 0.193 e. The number of ether oxygens (including phenoxy) is 2. The minimum absolute atomic E-state index is 0.0602. The Morgan fingerprint density at radius 1 is 1.42 bits per heavy atom. The van der Waals surface area contributed by atoms with Crippen LogP contribution in [0.15, 0.2) is 0 Å². The molecule has 1 rings (SSSR count). The van der Waals surface area contributed by atoms with Crippen LogP contribution in [0.25, 0.3) is 0 Å². The van der Waals surface area contributed by atoms with E-state index in [1.807, 2.05) is 13.8 Å². The van der Waals surface area contributed by atoms with Crippen LogP contribution in [-0.2, 0) is 18.7 Å². The topological polar surface area (TPSA) is 44.8 Å². The number of hydrogen-bond donors (Lipinski definition) is 0. The predicted octanol–water partition coefficient (Wildman–Crippen LogP) is 3.12. The summed E-state index contributed by atoms with van der Waals surface area (Å²) in [6, 6.07) is 0. The predicted molar refractivity (Wildman–Crippen MR) is 77.7 cm³/mol. The molecule has 0 unspecified atom stereocenters. The molecule has 2 atom stereocenters. The van der Waals surface area contributed by atoms with E-state index in [9.17, 15) is 4.79 Å². The first-order valence-electron chi connectivity index (χ1n) is 6.92. The molecule has 1 saturated heterocycles. The van der Waals surface area contributed by atoms with Crippen LogP contribution in [0.2, 0.25) is 18.1 Å². The van der Waals surface area contributed by atoms with E-state index in [0.717, 1.165) is 6.29 Å². The second-order valence-electron chi connectivity index (χ2n) is 7.24. The van der Waals surface area contributed by atoms with E-state index >= 15 is 0 Å². The molecule has 0 radical (unpaired) electrons. The minimum Gasteiger partial charge on any atom is -0.407 e. The van der Waals surface area contributed by atoms with Gasteiger partial charge in [-0.1, -0.05) is 20.8 Å². The highest BCUT2D eigenvalue weighted by molar-refractivity contribution is 6.74. The van der Waals surface area contributed by atoms with Crippen LogP contribution in [0, 0.1) is 0 Å². The SMILES string of the molecule is CC1(C)OC[C@@H](C[C@H](C=O)O[Si](C)(C)C(C)(C)C)O1. The molecule has 0 aromatic carbocycles. The summed E-state index contributed by atoms with van der Waals surface area (Å²) in [6.07, 6.45) is 1.01. The quantitative estimate of drug-likeness (QED) is 0.576. The first-order chi connectivity index (χ1) is 8.47. The van der Waals surface area contributed by atoms with Crippen molar-refractivity contribution in [1.82, 2.24) is 0 Å². The van der Waals surface area contributed by atoms with Crippen LogP contribution >= 0.6 is 0 Å². The van der Waals surface area contributed by atoms with E-state index in [0.29, 0.717) is 13.0 Å². The van der Waals surface area contributed by atoms with Crippen molar-refractivity contribution in [3.8, 4) is 0 Å². The molecule has 4 nitrogen and oxygen atoms in total. The zero-order chi connectivity index (χ0) is 14.9. The summed E-state index contributed by atoms with van der Waals surface area (Å²) >= 11 is 0. The Labute approximate surface area is 117 Å². The average Bonchev–Trinajstić information content (AvgIpc) is 2.55. The Morgan fingerprint density at radius 3 is 2.37 bits per heavy atom. The monoisotopic (exact) mass is 288 g/mol. The van der Waals surface area contributed by atoms with Gasteiger partial charge in [0.15, 0.2) is 14.1 Å². The third-order valence-corrected chi connectivity index (χ3v) is 8.47. The van der Waals surface area contributed by atoms with Crippen LogP contribution in [0.5, 0.6) is 0 Å². The van der Waals surface area contributed by atoms with E-state index in [1.165, 1.54) is 0 Å². The van der Waals surface area contributed by atoms with Crippen LogP contribution < -0.4 is 0 Å². The van der Waals surface area contributed by atoms with Crippen molar-refractivity contribution in [2.45, 2.75) is 77.2 Å². The second-order valence-corrected chi connectivity index (χ2v) is 12.0. The molecule has 1 fully saturated rings. The average molecular weight is 288 g/mol. The standard InChI is InChI=1S/C14H28O4Si/c1-13(2,3)19(6,7)18-11(9-15)8-12-10-16-14(4,5)17-12/h9,11-12H,8,10H2,1-7H3/t11-,12-/m1/s1. The van der Waals surface area contributed by atoms with Crippen LogP contribution in [0.4, 0.5) is 0 Å². The summed E-state index contributed by atoms with van der Waals surface area (Å²) in [5.74, 6) is -0.547. The van der Waals surface area contributed by atoms with Gasteiger partial charge in [0.05, 0.1) is 12.7 Å². The molecule has 0 aliphatic carbocycles. The Morgan fingerprint density at radius 2 is 2.00 bits per heavy atom. The minimum atomic E-state index is -1.92. The molecule has 19 heavy (non-hydrogen) atoms. The molecule has 0 amide bonds. The molecule has 5 heteroatoms. The van der Waals surface area contributed by atoms with Crippen molar-refractivity contribution in [2.75, 3.05) is 6.61 Å². The van der Waals surface area contributed by atoms with Gasteiger partial charge in [-0.05, 0) is 32.0 Å². The van der Waals surface area contributed by atoms with Gasteiger partial charge < -0.3 is 18.7 Å². The molecule has 1 aliphatic heterocycles. The molecular weight excluding hydrogens is 260 g/mol. The van der Waals surface area contributed by atoms with Crippen molar-refractivity contribution in [3.63, 3.8) is 0 Å². The van der Waals surface area contributed by atoms with E-state index in [4.69, 9.17) is 13.9 Å². The molecule has 0 aromatic rings. The van der Waals surface area contributed by atoms with Gasteiger partial charge in [0.25, 0.3) is 0 Å². The Bertz CT molecular complexity index is 320. The van der Waals surface area contributed by atoms with Gasteiger partial charge in [0.1, 0.15) is 12.4 Å². The first-order valence-corrected chi connectivity index (χ1v) is 9.82. The van der Waals surface area contributed by atoms with E-state index in [2.05, 4.69) is 33.9 Å². The molecule has 0 bridgehead atoms. The van der Waals surface area contributed by atoms with Gasteiger partial charge in [-0.25, -0.2) is 0 Å². The number of rotatable bonds is 5. The number of aldehydes is 1. The van der Waals surface area contributed by atoms with Gasteiger partial charge in [-0.3, -0.25) is 0 Å².